The molecule has 150 valence electrons. The van der Waals surface area contributed by atoms with E-state index in [1.807, 2.05) is 6.07 Å². The van der Waals surface area contributed by atoms with Gasteiger partial charge in [-0.1, -0.05) is 0 Å². The second kappa shape index (κ2) is 6.70. The summed E-state index contributed by atoms with van der Waals surface area (Å²) in [5.74, 6) is -1.18. The van der Waals surface area contributed by atoms with Gasteiger partial charge in [-0.05, 0) is 48.5 Å². The molecule has 2 saturated heterocycles. The normalized spacial score (nSPS) is 24.9. The summed E-state index contributed by atoms with van der Waals surface area (Å²) >= 11 is 0. The smallest absolute Gasteiger partial charge is 0.410 e. The van der Waals surface area contributed by atoms with Crippen molar-refractivity contribution in [3.63, 3.8) is 0 Å². The van der Waals surface area contributed by atoms with Gasteiger partial charge in [-0.25, -0.2) is 9.59 Å². The van der Waals surface area contributed by atoms with Gasteiger partial charge in [0.25, 0.3) is 0 Å². The largest absolute Gasteiger partial charge is 0.444 e. The minimum absolute atomic E-state index is 0.124. The summed E-state index contributed by atoms with van der Waals surface area (Å²) in [5.41, 5.74) is -2.26. The Morgan fingerprint density at radius 1 is 1.04 bits per heavy atom. The fourth-order valence-corrected chi connectivity index (χ4v) is 3.39. The lowest BCUT2D eigenvalue weighted by Crippen LogP contribution is -2.72. The van der Waals surface area contributed by atoms with Gasteiger partial charge in [-0.3, -0.25) is 4.79 Å². The number of hydrogen-bond acceptors (Lipinski definition) is 6. The second-order valence-electron chi connectivity index (χ2n) is 9.44. The topological polar surface area (TPSA) is 99.9 Å². The standard InChI is InChI=1S/C19H29N3O5/c1-12-13(8-20)14(23)19(11-22(12)16(25)27-18(5,6)7)9-21(10-19)15(24)26-17(2,3)4/h12-13H,9-11H2,1-7H3/t12-,13?/m0/s1. The molecule has 8 heteroatoms. The molecule has 27 heavy (non-hydrogen) atoms. The van der Waals surface area contributed by atoms with Crippen molar-refractivity contribution in [3.05, 3.63) is 0 Å². The summed E-state index contributed by atoms with van der Waals surface area (Å²) in [6, 6.07) is 1.44. The third-order valence-electron chi connectivity index (χ3n) is 4.66. The molecule has 0 N–H and O–H groups in total. The quantitative estimate of drug-likeness (QED) is 0.641. The average molecular weight is 379 g/mol. The Balaban J connectivity index is 2.18. The van der Waals surface area contributed by atoms with E-state index in [9.17, 15) is 19.6 Å². The molecule has 0 radical (unpaired) electrons. The lowest BCUT2D eigenvalue weighted by Gasteiger charge is -2.55. The van der Waals surface area contributed by atoms with Gasteiger partial charge in [0.1, 0.15) is 17.1 Å². The first kappa shape index (κ1) is 21.0. The molecule has 0 aromatic rings. The fraction of sp³-hybridized carbons (Fsp3) is 0.789. The van der Waals surface area contributed by atoms with Crippen molar-refractivity contribution in [2.24, 2.45) is 11.3 Å². The second-order valence-corrected chi connectivity index (χ2v) is 9.44. The minimum Gasteiger partial charge on any atom is -0.444 e. The van der Waals surface area contributed by atoms with Gasteiger partial charge in [0.2, 0.25) is 0 Å². The SMILES string of the molecule is C[C@H]1C(C#N)C(=O)C2(CN(C(=O)OC(C)(C)C)C2)CN1C(=O)OC(C)(C)C. The van der Waals surface area contributed by atoms with Crippen molar-refractivity contribution in [3.8, 4) is 6.07 Å². The summed E-state index contributed by atoms with van der Waals surface area (Å²) < 4.78 is 10.8. The summed E-state index contributed by atoms with van der Waals surface area (Å²) in [7, 11) is 0. The molecule has 1 spiro atoms. The molecular formula is C19H29N3O5. The zero-order valence-corrected chi connectivity index (χ0v) is 17.2. The summed E-state index contributed by atoms with van der Waals surface area (Å²) in [5, 5.41) is 9.49. The van der Waals surface area contributed by atoms with E-state index < -0.39 is 40.8 Å². The van der Waals surface area contributed by atoms with Crippen LogP contribution < -0.4 is 0 Å². The Kier molecular flexibility index (Phi) is 5.21. The molecule has 2 heterocycles. The average Bonchev–Trinajstić information content (AvgIpc) is 2.42. The maximum Gasteiger partial charge on any atom is 0.410 e. The number of Topliss-reactive ketones (excluding diaryl/α,β-unsaturated/α-hetero) is 1. The van der Waals surface area contributed by atoms with Gasteiger partial charge in [0, 0.05) is 19.6 Å². The van der Waals surface area contributed by atoms with Crippen LogP contribution in [0.4, 0.5) is 9.59 Å². The van der Waals surface area contributed by atoms with Crippen LogP contribution in [-0.4, -0.2) is 64.6 Å². The Labute approximate surface area is 160 Å². The lowest BCUT2D eigenvalue weighted by molar-refractivity contribution is -0.152. The van der Waals surface area contributed by atoms with Gasteiger partial charge < -0.3 is 19.3 Å². The van der Waals surface area contributed by atoms with E-state index in [1.54, 1.807) is 48.5 Å². The number of ether oxygens (including phenoxy) is 2. The number of hydrogen-bond donors (Lipinski definition) is 0. The first-order valence-corrected chi connectivity index (χ1v) is 9.11. The van der Waals surface area contributed by atoms with Gasteiger partial charge in [-0.15, -0.1) is 0 Å². The van der Waals surface area contributed by atoms with Crippen LogP contribution in [0.1, 0.15) is 48.5 Å². The molecule has 2 fully saturated rings. The summed E-state index contributed by atoms with van der Waals surface area (Å²) in [6.45, 7) is 12.6. The number of piperidine rings is 1. The number of nitrogens with zero attached hydrogens (tertiary/aromatic N) is 3. The van der Waals surface area contributed by atoms with Crippen LogP contribution in [0.25, 0.3) is 0 Å². The minimum atomic E-state index is -0.952. The number of carbonyl (C=O) groups excluding carboxylic acids is 3. The van der Waals surface area contributed by atoms with E-state index in [4.69, 9.17) is 9.47 Å². The zero-order chi connectivity index (χ0) is 20.8. The van der Waals surface area contributed by atoms with Crippen LogP contribution in [0.5, 0.6) is 0 Å². The molecule has 2 aliphatic rings. The number of nitriles is 1. The zero-order valence-electron chi connectivity index (χ0n) is 17.2. The predicted octanol–water partition coefficient (Wildman–Crippen LogP) is 2.57. The molecule has 8 nitrogen and oxygen atoms in total. The van der Waals surface area contributed by atoms with Gasteiger partial charge >= 0.3 is 12.2 Å². The first-order valence-electron chi connectivity index (χ1n) is 9.11. The van der Waals surface area contributed by atoms with E-state index >= 15 is 0 Å². The van der Waals surface area contributed by atoms with E-state index in [2.05, 4.69) is 0 Å². The van der Waals surface area contributed by atoms with Crippen molar-refractivity contribution in [2.75, 3.05) is 19.6 Å². The highest BCUT2D eigenvalue weighted by Crippen LogP contribution is 2.41. The Morgan fingerprint density at radius 3 is 1.96 bits per heavy atom. The van der Waals surface area contributed by atoms with E-state index in [0.29, 0.717) is 0 Å². The van der Waals surface area contributed by atoms with Gasteiger partial charge in [0.05, 0.1) is 17.5 Å². The molecule has 0 aliphatic carbocycles. The molecule has 0 aromatic heterocycles. The van der Waals surface area contributed by atoms with Crippen molar-refractivity contribution in [1.29, 1.82) is 5.26 Å². The molecule has 0 saturated carbocycles. The Morgan fingerprint density at radius 2 is 1.52 bits per heavy atom. The van der Waals surface area contributed by atoms with Crippen LogP contribution in [0.15, 0.2) is 0 Å². The van der Waals surface area contributed by atoms with Gasteiger partial charge in [0.15, 0.2) is 5.78 Å². The highest BCUT2D eigenvalue weighted by molar-refractivity contribution is 5.94. The first-order chi connectivity index (χ1) is 12.2. The monoisotopic (exact) mass is 379 g/mol. The number of likely N-dealkylation sites (tertiary alicyclic amines) is 2. The number of amides is 2. The molecule has 2 aliphatic heterocycles. The summed E-state index contributed by atoms with van der Waals surface area (Å²) in [4.78, 5) is 40.6. The lowest BCUT2D eigenvalue weighted by atomic mass is 9.67. The molecule has 2 atom stereocenters. The van der Waals surface area contributed by atoms with Crippen LogP contribution in [0.3, 0.4) is 0 Å². The predicted molar refractivity (Wildman–Crippen MR) is 96.8 cm³/mol. The van der Waals surface area contributed by atoms with E-state index in [-0.39, 0.29) is 25.4 Å². The number of carbonyl (C=O) groups is 3. The van der Waals surface area contributed by atoms with Crippen molar-refractivity contribution in [1.82, 2.24) is 9.80 Å². The Bertz CT molecular complexity index is 677. The van der Waals surface area contributed by atoms with E-state index in [1.165, 1.54) is 9.80 Å². The molecular weight excluding hydrogens is 350 g/mol. The van der Waals surface area contributed by atoms with Crippen LogP contribution in [0.2, 0.25) is 0 Å². The number of ketones is 1. The molecule has 1 unspecified atom stereocenters. The molecule has 0 aromatic carbocycles. The Hall–Kier alpha value is -2.30. The third-order valence-corrected chi connectivity index (χ3v) is 4.66. The van der Waals surface area contributed by atoms with Crippen molar-refractivity contribution < 1.29 is 23.9 Å². The third kappa shape index (κ3) is 4.34. The van der Waals surface area contributed by atoms with Gasteiger partial charge in [-0.2, -0.15) is 5.26 Å². The summed E-state index contributed by atoms with van der Waals surface area (Å²) in [6.07, 6.45) is -1.06. The highest BCUT2D eigenvalue weighted by atomic mass is 16.6. The van der Waals surface area contributed by atoms with Crippen molar-refractivity contribution >= 4 is 18.0 Å². The van der Waals surface area contributed by atoms with E-state index in [0.717, 1.165) is 0 Å². The van der Waals surface area contributed by atoms with Crippen LogP contribution >= 0.6 is 0 Å². The maximum atomic E-state index is 12.9. The molecule has 2 rings (SSSR count). The van der Waals surface area contributed by atoms with Crippen molar-refractivity contribution in [2.45, 2.75) is 65.7 Å². The molecule has 2 amide bonds. The highest BCUT2D eigenvalue weighted by Gasteiger charge is 2.60. The number of rotatable bonds is 0. The maximum absolute atomic E-state index is 12.9. The van der Waals surface area contributed by atoms with Crippen LogP contribution in [-0.2, 0) is 14.3 Å². The van der Waals surface area contributed by atoms with Crippen LogP contribution in [0, 0.1) is 22.7 Å². The molecule has 0 bridgehead atoms. The fourth-order valence-electron chi connectivity index (χ4n) is 3.39.